The first-order chi connectivity index (χ1) is 18.1. The maximum Gasteiger partial charge on any atom is 0.383 e. The third-order valence-electron chi connectivity index (χ3n) is 6.21. The maximum atomic E-state index is 13.0. The Labute approximate surface area is 230 Å². The summed E-state index contributed by atoms with van der Waals surface area (Å²) in [6.45, 7) is 15.3. The van der Waals surface area contributed by atoms with E-state index in [-0.39, 0.29) is 11.4 Å². The summed E-state index contributed by atoms with van der Waals surface area (Å²) in [7, 11) is 0. The van der Waals surface area contributed by atoms with E-state index in [1.54, 1.807) is 6.07 Å². The Bertz CT molecular complexity index is 1100. The minimum absolute atomic E-state index is 0.153. The molecule has 1 heterocycles. The molecule has 0 saturated heterocycles. The van der Waals surface area contributed by atoms with Crippen LogP contribution in [0.1, 0.15) is 113 Å². The Hall–Kier alpha value is -2.69. The molecule has 5 heteroatoms. The van der Waals surface area contributed by atoms with Crippen LogP contribution in [0.4, 0.5) is 0 Å². The lowest BCUT2D eigenvalue weighted by Crippen LogP contribution is -2.22. The van der Waals surface area contributed by atoms with E-state index >= 15 is 0 Å². The largest absolute Gasteiger partial charge is 0.488 e. The molecular weight excluding hydrogens is 476 g/mol. The molecule has 1 aromatic heterocycles. The van der Waals surface area contributed by atoms with E-state index in [2.05, 4.69) is 39.8 Å². The van der Waals surface area contributed by atoms with Crippen LogP contribution in [0.15, 0.2) is 50.7 Å². The van der Waals surface area contributed by atoms with Crippen molar-refractivity contribution in [2.24, 2.45) is 0 Å². The van der Waals surface area contributed by atoms with Gasteiger partial charge in [-0.15, -0.1) is 0 Å². The van der Waals surface area contributed by atoms with Crippen molar-refractivity contribution in [3.8, 4) is 17.2 Å². The summed E-state index contributed by atoms with van der Waals surface area (Å²) >= 11 is 0. The number of hydrogen-bond acceptors (Lipinski definition) is 5. The van der Waals surface area contributed by atoms with Crippen molar-refractivity contribution < 1.29 is 18.6 Å². The van der Waals surface area contributed by atoms with Gasteiger partial charge in [-0.05, 0) is 79.0 Å². The van der Waals surface area contributed by atoms with E-state index in [0.29, 0.717) is 35.7 Å². The van der Waals surface area contributed by atoms with Gasteiger partial charge < -0.3 is 18.6 Å². The fourth-order valence-corrected chi connectivity index (χ4v) is 4.19. The molecule has 0 spiro atoms. The zero-order valence-corrected chi connectivity index (χ0v) is 24.9. The quantitative estimate of drug-likeness (QED) is 0.117. The minimum Gasteiger partial charge on any atom is -0.488 e. The van der Waals surface area contributed by atoms with Crippen molar-refractivity contribution in [3.63, 3.8) is 0 Å². The standard InChI is InChI=1S/C33H50O5/c1-8-9-10-11-12-13-14-15-22-35-31-30(36-23-21-26(4)18-16-17-25(2)3)28-20-19-27(38-33(5,6)7)24-29(28)37-32(31)34/h17,19-21,24H,8-16,18,22-23H2,1-7H3. The van der Waals surface area contributed by atoms with Crippen LogP contribution in [0.25, 0.3) is 11.0 Å². The van der Waals surface area contributed by atoms with E-state index in [0.717, 1.165) is 25.7 Å². The lowest BCUT2D eigenvalue weighted by Gasteiger charge is -2.21. The highest BCUT2D eigenvalue weighted by atomic mass is 16.5. The van der Waals surface area contributed by atoms with Gasteiger partial charge in [-0.3, -0.25) is 0 Å². The summed E-state index contributed by atoms with van der Waals surface area (Å²) < 4.78 is 23.8. The number of rotatable bonds is 17. The van der Waals surface area contributed by atoms with Crippen LogP contribution in [0.5, 0.6) is 17.2 Å². The average Bonchev–Trinajstić information content (AvgIpc) is 2.82. The van der Waals surface area contributed by atoms with Gasteiger partial charge in [0, 0.05) is 6.07 Å². The van der Waals surface area contributed by atoms with Crippen molar-refractivity contribution in [1.29, 1.82) is 0 Å². The van der Waals surface area contributed by atoms with Gasteiger partial charge in [-0.1, -0.05) is 69.1 Å². The highest BCUT2D eigenvalue weighted by Gasteiger charge is 2.20. The monoisotopic (exact) mass is 526 g/mol. The molecule has 0 aliphatic rings. The number of benzene rings is 1. The second-order valence-corrected chi connectivity index (χ2v) is 11.4. The topological polar surface area (TPSA) is 57.9 Å². The molecule has 0 amide bonds. The van der Waals surface area contributed by atoms with Gasteiger partial charge in [0.1, 0.15) is 23.5 Å². The van der Waals surface area contributed by atoms with Crippen molar-refractivity contribution >= 4 is 11.0 Å². The van der Waals surface area contributed by atoms with Crippen molar-refractivity contribution in [2.75, 3.05) is 13.2 Å². The molecular formula is C33H50O5. The second kappa shape index (κ2) is 16.3. The summed E-state index contributed by atoms with van der Waals surface area (Å²) in [5.41, 5.74) is 2.11. The zero-order chi connectivity index (χ0) is 28.0. The molecule has 2 aromatic rings. The molecule has 38 heavy (non-hydrogen) atoms. The van der Waals surface area contributed by atoms with Gasteiger partial charge in [0.15, 0.2) is 5.75 Å². The Morgan fingerprint density at radius 2 is 1.58 bits per heavy atom. The predicted molar refractivity (Wildman–Crippen MR) is 159 cm³/mol. The second-order valence-electron chi connectivity index (χ2n) is 11.4. The lowest BCUT2D eigenvalue weighted by molar-refractivity contribution is 0.131. The van der Waals surface area contributed by atoms with Gasteiger partial charge in [0.25, 0.3) is 0 Å². The Kier molecular flexibility index (Phi) is 13.5. The first-order valence-electron chi connectivity index (χ1n) is 14.4. The van der Waals surface area contributed by atoms with Crippen LogP contribution < -0.4 is 19.8 Å². The lowest BCUT2D eigenvalue weighted by atomic mass is 10.1. The molecule has 0 unspecified atom stereocenters. The smallest absolute Gasteiger partial charge is 0.383 e. The van der Waals surface area contributed by atoms with Crippen LogP contribution in [0, 0.1) is 0 Å². The van der Waals surface area contributed by atoms with Gasteiger partial charge in [-0.2, -0.15) is 0 Å². The molecule has 2 rings (SSSR count). The molecule has 212 valence electrons. The third-order valence-corrected chi connectivity index (χ3v) is 6.21. The third kappa shape index (κ3) is 11.8. The SMILES string of the molecule is CCCCCCCCCCOc1c(OCC=C(C)CCC=C(C)C)c2ccc(OC(C)(C)C)cc2oc1=O. The number of hydrogen-bond donors (Lipinski definition) is 0. The van der Waals surface area contributed by atoms with Crippen molar-refractivity contribution in [2.45, 2.75) is 118 Å². The summed E-state index contributed by atoms with van der Waals surface area (Å²) in [5.74, 6) is 1.23. The van der Waals surface area contributed by atoms with Crippen LogP contribution >= 0.6 is 0 Å². The van der Waals surface area contributed by atoms with Gasteiger partial charge in [0.05, 0.1) is 12.0 Å². The Morgan fingerprint density at radius 3 is 2.24 bits per heavy atom. The molecule has 0 aliphatic heterocycles. The molecule has 0 aliphatic carbocycles. The molecule has 0 saturated carbocycles. The molecule has 0 atom stereocenters. The zero-order valence-electron chi connectivity index (χ0n) is 24.9. The van der Waals surface area contributed by atoms with Crippen LogP contribution in [-0.4, -0.2) is 18.8 Å². The number of fused-ring (bicyclic) bond motifs is 1. The molecule has 1 aromatic carbocycles. The first kappa shape index (κ1) is 31.5. The summed E-state index contributed by atoms with van der Waals surface area (Å²) in [6, 6.07) is 5.50. The van der Waals surface area contributed by atoms with Crippen molar-refractivity contribution in [1.82, 2.24) is 0 Å². The van der Waals surface area contributed by atoms with E-state index in [9.17, 15) is 4.79 Å². The Balaban J connectivity index is 2.16. The highest BCUT2D eigenvalue weighted by Crippen LogP contribution is 2.35. The minimum atomic E-state index is -0.524. The fourth-order valence-electron chi connectivity index (χ4n) is 4.19. The van der Waals surface area contributed by atoms with Gasteiger partial charge in [-0.25, -0.2) is 4.79 Å². The normalized spacial score (nSPS) is 12.0. The summed E-state index contributed by atoms with van der Waals surface area (Å²) in [6.07, 6.45) is 15.9. The molecule has 0 N–H and O–H groups in total. The van der Waals surface area contributed by atoms with Crippen molar-refractivity contribution in [3.05, 3.63) is 51.9 Å². The summed E-state index contributed by atoms with van der Waals surface area (Å²) in [5, 5.41) is 0.701. The molecule has 0 bridgehead atoms. The van der Waals surface area contributed by atoms with Crippen LogP contribution in [0.3, 0.4) is 0 Å². The van der Waals surface area contributed by atoms with Crippen LogP contribution in [0.2, 0.25) is 0 Å². The predicted octanol–water partition coefficient (Wildman–Crippen LogP) is 9.56. The van der Waals surface area contributed by atoms with Gasteiger partial charge >= 0.3 is 5.63 Å². The first-order valence-corrected chi connectivity index (χ1v) is 14.4. The van der Waals surface area contributed by atoms with E-state index < -0.39 is 5.63 Å². The fraction of sp³-hybridized carbons (Fsp3) is 0.606. The maximum absolute atomic E-state index is 13.0. The molecule has 0 fully saturated rings. The van der Waals surface area contributed by atoms with E-state index in [1.807, 2.05) is 32.9 Å². The van der Waals surface area contributed by atoms with E-state index in [4.69, 9.17) is 18.6 Å². The number of unbranched alkanes of at least 4 members (excludes halogenated alkanes) is 7. The van der Waals surface area contributed by atoms with Crippen LogP contribution in [-0.2, 0) is 0 Å². The highest BCUT2D eigenvalue weighted by molar-refractivity contribution is 5.86. The summed E-state index contributed by atoms with van der Waals surface area (Å²) in [4.78, 5) is 13.0. The number of allylic oxidation sites excluding steroid dienone is 3. The number of ether oxygens (including phenoxy) is 3. The molecule has 5 nitrogen and oxygen atoms in total. The van der Waals surface area contributed by atoms with Gasteiger partial charge in [0.2, 0.25) is 5.75 Å². The van der Waals surface area contributed by atoms with E-state index in [1.165, 1.54) is 49.7 Å². The average molecular weight is 527 g/mol. The molecule has 0 radical (unpaired) electrons. The Morgan fingerprint density at radius 1 is 0.895 bits per heavy atom.